The van der Waals surface area contributed by atoms with E-state index < -0.39 is 0 Å². The van der Waals surface area contributed by atoms with Crippen LogP contribution in [0.2, 0.25) is 0 Å². The van der Waals surface area contributed by atoms with Crippen LogP contribution in [-0.2, 0) is 6.54 Å². The average Bonchev–Trinajstić information content (AvgIpc) is 2.70. The Labute approximate surface area is 154 Å². The van der Waals surface area contributed by atoms with Crippen LogP contribution < -0.4 is 0 Å². The topological polar surface area (TPSA) is 54.8 Å². The number of nitrogens with zero attached hydrogens (tertiary/aromatic N) is 5. The number of hydrogen-bond donors (Lipinski definition) is 0. The second-order valence-corrected chi connectivity index (χ2v) is 6.88. The first-order valence-electron chi connectivity index (χ1n) is 9.15. The summed E-state index contributed by atoms with van der Waals surface area (Å²) in [4.78, 5) is 20.1. The van der Waals surface area contributed by atoms with Crippen LogP contribution in [0.15, 0.2) is 55.2 Å². The van der Waals surface area contributed by atoms with E-state index in [0.29, 0.717) is 5.92 Å². The summed E-state index contributed by atoms with van der Waals surface area (Å²) in [5, 5.41) is 0. The fourth-order valence-electron chi connectivity index (χ4n) is 3.72. The summed E-state index contributed by atoms with van der Waals surface area (Å²) in [6.07, 6.45) is 11.7. The predicted molar refractivity (Wildman–Crippen MR) is 101 cm³/mol. The van der Waals surface area contributed by atoms with Crippen molar-refractivity contribution in [2.45, 2.75) is 32.2 Å². The summed E-state index contributed by atoms with van der Waals surface area (Å²) < 4.78 is 0. The van der Waals surface area contributed by atoms with Crippen molar-refractivity contribution in [1.29, 1.82) is 0 Å². The highest BCUT2D eigenvalue weighted by Crippen LogP contribution is 2.33. The lowest BCUT2D eigenvalue weighted by Crippen LogP contribution is -2.34. The van der Waals surface area contributed by atoms with Crippen LogP contribution in [0.3, 0.4) is 0 Å². The van der Waals surface area contributed by atoms with Gasteiger partial charge in [-0.25, -0.2) is 9.97 Å². The third kappa shape index (κ3) is 3.78. The maximum Gasteiger partial charge on any atom is 0.125 e. The van der Waals surface area contributed by atoms with E-state index >= 15 is 0 Å². The molecule has 1 aliphatic heterocycles. The number of likely N-dealkylation sites (tertiary alicyclic amines) is 1. The number of hydrogen-bond acceptors (Lipinski definition) is 5. The van der Waals surface area contributed by atoms with Gasteiger partial charge >= 0.3 is 0 Å². The van der Waals surface area contributed by atoms with Crippen LogP contribution in [0, 0.1) is 6.92 Å². The molecule has 5 heteroatoms. The molecule has 1 fully saturated rings. The van der Waals surface area contributed by atoms with Crippen molar-refractivity contribution in [3.63, 3.8) is 0 Å². The van der Waals surface area contributed by atoms with Gasteiger partial charge in [-0.05, 0) is 61.7 Å². The second-order valence-electron chi connectivity index (χ2n) is 6.88. The van der Waals surface area contributed by atoms with Gasteiger partial charge in [0.2, 0.25) is 0 Å². The molecule has 4 heterocycles. The number of rotatable bonds is 4. The van der Waals surface area contributed by atoms with Gasteiger partial charge in [-0.2, -0.15) is 0 Å². The number of piperidine rings is 1. The summed E-state index contributed by atoms with van der Waals surface area (Å²) in [5.74, 6) is 1.26. The van der Waals surface area contributed by atoms with Gasteiger partial charge in [-0.3, -0.25) is 14.9 Å². The third-order valence-corrected chi connectivity index (χ3v) is 4.98. The fraction of sp³-hybridized carbons (Fsp3) is 0.333. The van der Waals surface area contributed by atoms with Crippen molar-refractivity contribution in [3.05, 3.63) is 72.3 Å². The van der Waals surface area contributed by atoms with E-state index in [1.54, 1.807) is 0 Å². The lowest BCUT2D eigenvalue weighted by Gasteiger charge is -2.33. The number of aromatic nitrogens is 4. The predicted octanol–water partition coefficient (Wildman–Crippen LogP) is 3.62. The van der Waals surface area contributed by atoms with Gasteiger partial charge in [0.05, 0.1) is 5.69 Å². The smallest absolute Gasteiger partial charge is 0.125 e. The lowest BCUT2D eigenvalue weighted by atomic mass is 9.90. The van der Waals surface area contributed by atoms with Gasteiger partial charge in [-0.15, -0.1) is 0 Å². The normalized spacial score (nSPS) is 18.0. The van der Waals surface area contributed by atoms with Gasteiger partial charge in [0.15, 0.2) is 0 Å². The number of aryl methyl sites for hydroxylation is 1. The van der Waals surface area contributed by atoms with E-state index in [-0.39, 0.29) is 0 Å². The maximum atomic E-state index is 4.85. The highest BCUT2D eigenvalue weighted by atomic mass is 15.1. The van der Waals surface area contributed by atoms with E-state index in [2.05, 4.69) is 32.0 Å². The Kier molecular flexibility index (Phi) is 4.97. The maximum absolute atomic E-state index is 4.85. The highest BCUT2D eigenvalue weighted by molar-refractivity contribution is 5.65. The second kappa shape index (κ2) is 7.70. The van der Waals surface area contributed by atoms with Crippen molar-refractivity contribution in [2.75, 3.05) is 13.1 Å². The molecule has 5 nitrogen and oxygen atoms in total. The fourth-order valence-corrected chi connectivity index (χ4v) is 3.72. The van der Waals surface area contributed by atoms with Crippen LogP contribution in [0.4, 0.5) is 0 Å². The first kappa shape index (κ1) is 16.8. The molecule has 0 N–H and O–H groups in total. The Morgan fingerprint density at radius 3 is 2.54 bits per heavy atom. The van der Waals surface area contributed by atoms with Crippen LogP contribution in [-0.4, -0.2) is 37.9 Å². The third-order valence-electron chi connectivity index (χ3n) is 4.98. The van der Waals surface area contributed by atoms with Gasteiger partial charge in [0, 0.05) is 55.6 Å². The molecular weight excluding hydrogens is 322 g/mol. The van der Waals surface area contributed by atoms with Crippen LogP contribution in [0.25, 0.3) is 11.1 Å². The standard InChI is InChI=1S/C21H23N5/c1-16-24-13-20(18-6-10-23-11-7-18)21(25-16)19-3-2-12-26(15-19)14-17-4-8-22-9-5-17/h4-11,13,19H,2-3,12,14-15H2,1H3/t19-/m0/s1. The van der Waals surface area contributed by atoms with Crippen molar-refractivity contribution in [1.82, 2.24) is 24.8 Å². The zero-order valence-electron chi connectivity index (χ0n) is 15.0. The zero-order chi connectivity index (χ0) is 17.8. The molecule has 1 saturated heterocycles. The average molecular weight is 345 g/mol. The monoisotopic (exact) mass is 345 g/mol. The minimum atomic E-state index is 0.426. The zero-order valence-corrected chi connectivity index (χ0v) is 15.0. The van der Waals surface area contributed by atoms with Crippen molar-refractivity contribution in [2.24, 2.45) is 0 Å². The van der Waals surface area contributed by atoms with E-state index in [4.69, 9.17) is 4.98 Å². The molecule has 1 aliphatic rings. The van der Waals surface area contributed by atoms with Gasteiger partial charge in [-0.1, -0.05) is 0 Å². The molecule has 26 heavy (non-hydrogen) atoms. The van der Waals surface area contributed by atoms with Crippen LogP contribution in [0.5, 0.6) is 0 Å². The van der Waals surface area contributed by atoms with Crippen LogP contribution >= 0.6 is 0 Å². The van der Waals surface area contributed by atoms with E-state index in [1.807, 2.05) is 50.0 Å². The van der Waals surface area contributed by atoms with Gasteiger partial charge in [0.1, 0.15) is 5.82 Å². The molecule has 0 aliphatic carbocycles. The SMILES string of the molecule is Cc1ncc(-c2ccncc2)c([C@H]2CCCN(Cc3ccncc3)C2)n1. The largest absolute Gasteiger partial charge is 0.298 e. The molecule has 3 aromatic rings. The molecule has 3 aromatic heterocycles. The first-order chi connectivity index (χ1) is 12.8. The summed E-state index contributed by atoms with van der Waals surface area (Å²) >= 11 is 0. The molecule has 0 saturated carbocycles. The van der Waals surface area contributed by atoms with E-state index in [1.165, 1.54) is 24.1 Å². The minimum Gasteiger partial charge on any atom is -0.298 e. The Bertz CT molecular complexity index is 851. The highest BCUT2D eigenvalue weighted by Gasteiger charge is 2.25. The Morgan fingerprint density at radius 2 is 1.77 bits per heavy atom. The van der Waals surface area contributed by atoms with E-state index in [0.717, 1.165) is 36.6 Å². The van der Waals surface area contributed by atoms with Crippen molar-refractivity contribution < 1.29 is 0 Å². The molecule has 0 amide bonds. The lowest BCUT2D eigenvalue weighted by molar-refractivity contribution is 0.198. The molecule has 4 rings (SSSR count). The molecule has 1 atom stereocenters. The molecular formula is C21H23N5. The quantitative estimate of drug-likeness (QED) is 0.723. The summed E-state index contributed by atoms with van der Waals surface area (Å²) in [6.45, 7) is 5.09. The molecule has 0 aromatic carbocycles. The van der Waals surface area contributed by atoms with Gasteiger partial charge in [0.25, 0.3) is 0 Å². The van der Waals surface area contributed by atoms with Crippen LogP contribution in [0.1, 0.15) is 35.8 Å². The van der Waals surface area contributed by atoms with E-state index in [9.17, 15) is 0 Å². The van der Waals surface area contributed by atoms with Crippen molar-refractivity contribution in [3.8, 4) is 11.1 Å². The molecule has 0 spiro atoms. The Balaban J connectivity index is 1.59. The number of pyridine rings is 2. The summed E-state index contributed by atoms with van der Waals surface area (Å²) in [7, 11) is 0. The molecule has 0 unspecified atom stereocenters. The van der Waals surface area contributed by atoms with Gasteiger partial charge < -0.3 is 0 Å². The molecule has 0 radical (unpaired) electrons. The molecule has 0 bridgehead atoms. The molecule has 132 valence electrons. The minimum absolute atomic E-state index is 0.426. The summed E-state index contributed by atoms with van der Waals surface area (Å²) in [5.41, 5.74) is 4.76. The Hall–Kier alpha value is -2.66. The Morgan fingerprint density at radius 1 is 1.04 bits per heavy atom. The van der Waals surface area contributed by atoms with Crippen molar-refractivity contribution >= 4 is 0 Å². The first-order valence-corrected chi connectivity index (χ1v) is 9.15. The summed E-state index contributed by atoms with van der Waals surface area (Å²) in [6, 6.07) is 8.27.